The van der Waals surface area contributed by atoms with E-state index in [0.717, 1.165) is 65.5 Å². The predicted molar refractivity (Wildman–Crippen MR) is 142 cm³/mol. The Kier molecular flexibility index (Phi) is 9.51. The van der Waals surface area contributed by atoms with Gasteiger partial charge in [-0.05, 0) is 31.1 Å². The van der Waals surface area contributed by atoms with Gasteiger partial charge < -0.3 is 38.5 Å². The second kappa shape index (κ2) is 12.6. The van der Waals surface area contributed by atoms with Crippen molar-refractivity contribution in [3.05, 3.63) is 72.3 Å². The van der Waals surface area contributed by atoms with E-state index in [1.807, 2.05) is 48.5 Å². The molecule has 36 heavy (non-hydrogen) atoms. The number of hydrogen-bond acceptors (Lipinski definition) is 2. The number of amides is 1. The third-order valence-electron chi connectivity index (χ3n) is 8.58. The van der Waals surface area contributed by atoms with Crippen molar-refractivity contribution >= 4 is 5.91 Å². The summed E-state index contributed by atoms with van der Waals surface area (Å²) in [7, 11) is 0. The molecular formula is C31H41IN2O2. The number of carbonyl (C=O) groups excluding carboxylic acids is 1. The van der Waals surface area contributed by atoms with Gasteiger partial charge in [-0.2, -0.15) is 0 Å². The van der Waals surface area contributed by atoms with E-state index in [-0.39, 0.29) is 41.8 Å². The maximum atomic E-state index is 13.7. The van der Waals surface area contributed by atoms with Crippen LogP contribution in [0.3, 0.4) is 0 Å². The molecule has 1 aliphatic carbocycles. The maximum absolute atomic E-state index is 13.7. The highest BCUT2D eigenvalue weighted by molar-refractivity contribution is 5.89. The van der Waals surface area contributed by atoms with E-state index in [0.29, 0.717) is 0 Å². The van der Waals surface area contributed by atoms with E-state index in [1.165, 1.54) is 51.5 Å². The second-order valence-corrected chi connectivity index (χ2v) is 11.0. The minimum atomic E-state index is -0.319. The van der Waals surface area contributed by atoms with Gasteiger partial charge >= 0.3 is 0 Å². The molecule has 0 atom stereocenters. The van der Waals surface area contributed by atoms with Crippen molar-refractivity contribution in [3.63, 3.8) is 0 Å². The van der Waals surface area contributed by atoms with Gasteiger partial charge in [0.1, 0.15) is 11.5 Å². The minimum Gasteiger partial charge on any atom is -1.00 e. The molecule has 194 valence electrons. The fourth-order valence-corrected chi connectivity index (χ4v) is 6.72. The Hall–Kier alpha value is -1.86. The number of benzene rings is 2. The Morgan fingerprint density at radius 2 is 1.44 bits per heavy atom. The number of hydrogen-bond donors (Lipinski definition) is 1. The summed E-state index contributed by atoms with van der Waals surface area (Å²) in [6.07, 6.45) is 14.0. The number of fused-ring (bicyclic) bond motifs is 2. The van der Waals surface area contributed by atoms with Crippen molar-refractivity contribution in [1.29, 1.82) is 0 Å². The lowest BCUT2D eigenvalue weighted by Crippen LogP contribution is -3.00. The highest BCUT2D eigenvalue weighted by Gasteiger charge is 2.38. The van der Waals surface area contributed by atoms with Crippen LogP contribution in [-0.2, 0) is 4.79 Å². The zero-order chi connectivity index (χ0) is 24.1. The predicted octanol–water partition coefficient (Wildman–Crippen LogP) is 3.57. The third-order valence-corrected chi connectivity index (χ3v) is 8.58. The van der Waals surface area contributed by atoms with E-state index < -0.39 is 0 Å². The lowest BCUT2D eigenvalue weighted by atomic mass is 9.86. The zero-order valence-corrected chi connectivity index (χ0v) is 23.6. The van der Waals surface area contributed by atoms with Gasteiger partial charge in [-0.15, -0.1) is 0 Å². The molecule has 0 bridgehead atoms. The number of rotatable bonds is 6. The summed E-state index contributed by atoms with van der Waals surface area (Å²) in [5, 5.41) is 3.44. The molecule has 3 aliphatic rings. The Morgan fingerprint density at radius 1 is 0.889 bits per heavy atom. The van der Waals surface area contributed by atoms with Gasteiger partial charge in [-0.3, -0.25) is 4.79 Å². The standard InChI is InChI=1S/C31H40N2O2.HI/c1-2-20-33(23-24-12-6-4-3-5-7-13-24)21-18-25(19-22-33)32-31(34)30-26-14-8-10-16-28(26)35-29-17-11-9-15-27(29)30;/h2,8-11,14-17,24-25,30H,1,3-7,12-13,18-23H2;1H. The molecule has 1 saturated heterocycles. The van der Waals surface area contributed by atoms with Crippen LogP contribution in [-0.4, -0.2) is 42.6 Å². The molecule has 5 rings (SSSR count). The quantitative estimate of drug-likeness (QED) is 0.313. The smallest absolute Gasteiger partial charge is 0.232 e. The van der Waals surface area contributed by atoms with Crippen LogP contribution in [0.4, 0.5) is 0 Å². The number of carbonyl (C=O) groups is 1. The van der Waals surface area contributed by atoms with Gasteiger partial charge in [0, 0.05) is 35.9 Å². The van der Waals surface area contributed by atoms with Gasteiger partial charge in [-0.1, -0.05) is 75.1 Å². The molecule has 2 aliphatic heterocycles. The van der Waals surface area contributed by atoms with Gasteiger partial charge in [0.25, 0.3) is 0 Å². The van der Waals surface area contributed by atoms with Gasteiger partial charge in [0.05, 0.1) is 32.1 Å². The van der Waals surface area contributed by atoms with Crippen LogP contribution >= 0.6 is 0 Å². The van der Waals surface area contributed by atoms with E-state index >= 15 is 0 Å². The molecule has 1 N–H and O–H groups in total. The lowest BCUT2D eigenvalue weighted by molar-refractivity contribution is -0.930. The van der Waals surface area contributed by atoms with Crippen molar-refractivity contribution in [2.24, 2.45) is 5.92 Å². The molecule has 0 radical (unpaired) electrons. The molecule has 4 nitrogen and oxygen atoms in total. The van der Waals surface area contributed by atoms with Crippen molar-refractivity contribution in [3.8, 4) is 11.5 Å². The number of nitrogens with zero attached hydrogens (tertiary/aromatic N) is 1. The first-order valence-corrected chi connectivity index (χ1v) is 13.8. The molecule has 0 aromatic heterocycles. The molecule has 5 heteroatoms. The Morgan fingerprint density at radius 3 is 2.03 bits per heavy atom. The highest BCUT2D eigenvalue weighted by atomic mass is 127. The molecule has 2 heterocycles. The van der Waals surface area contributed by atoms with Crippen LogP contribution in [0.15, 0.2) is 61.2 Å². The average molecular weight is 601 g/mol. The topological polar surface area (TPSA) is 38.3 Å². The monoisotopic (exact) mass is 600 g/mol. The Bertz CT molecular complexity index is 977. The maximum Gasteiger partial charge on any atom is 0.232 e. The average Bonchev–Trinajstić information content (AvgIpc) is 2.86. The number of ether oxygens (including phenoxy) is 1. The van der Waals surface area contributed by atoms with Gasteiger partial charge in [0.2, 0.25) is 5.91 Å². The van der Waals surface area contributed by atoms with Crippen LogP contribution in [0, 0.1) is 5.92 Å². The summed E-state index contributed by atoms with van der Waals surface area (Å²) in [5.74, 6) is 2.20. The van der Waals surface area contributed by atoms with Crippen molar-refractivity contribution < 1.29 is 38.0 Å². The summed E-state index contributed by atoms with van der Waals surface area (Å²) in [4.78, 5) is 13.7. The molecule has 2 aromatic rings. The molecule has 2 aromatic carbocycles. The minimum absolute atomic E-state index is 0. The first-order valence-electron chi connectivity index (χ1n) is 13.8. The second-order valence-electron chi connectivity index (χ2n) is 11.0. The summed E-state index contributed by atoms with van der Waals surface area (Å²) < 4.78 is 7.26. The number of likely N-dealkylation sites (tertiary alicyclic amines) is 1. The zero-order valence-electron chi connectivity index (χ0n) is 21.5. The Labute approximate surface area is 234 Å². The van der Waals surface area contributed by atoms with Gasteiger partial charge in [0.15, 0.2) is 0 Å². The molecule has 1 saturated carbocycles. The third kappa shape index (κ3) is 6.16. The summed E-state index contributed by atoms with van der Waals surface area (Å²) in [5.41, 5.74) is 1.92. The Balaban J connectivity index is 0.00000304. The highest BCUT2D eigenvalue weighted by Crippen LogP contribution is 2.44. The van der Waals surface area contributed by atoms with Crippen LogP contribution in [0.25, 0.3) is 0 Å². The largest absolute Gasteiger partial charge is 1.00 e. The molecular weight excluding hydrogens is 559 g/mol. The normalized spacial score (nSPS) is 24.6. The summed E-state index contributed by atoms with van der Waals surface area (Å²) in [6, 6.07) is 16.1. The number of nitrogens with one attached hydrogen (secondary N) is 1. The number of halogens is 1. The lowest BCUT2D eigenvalue weighted by Gasteiger charge is -2.45. The van der Waals surface area contributed by atoms with Crippen LogP contribution < -0.4 is 34.0 Å². The van der Waals surface area contributed by atoms with E-state index in [2.05, 4.69) is 18.0 Å². The van der Waals surface area contributed by atoms with Crippen molar-refractivity contribution in [2.45, 2.75) is 69.7 Å². The summed E-state index contributed by atoms with van der Waals surface area (Å²) >= 11 is 0. The van der Waals surface area contributed by atoms with E-state index in [9.17, 15) is 4.79 Å². The van der Waals surface area contributed by atoms with Crippen molar-refractivity contribution in [2.75, 3.05) is 26.2 Å². The first-order chi connectivity index (χ1) is 17.2. The molecule has 0 unspecified atom stereocenters. The van der Waals surface area contributed by atoms with E-state index in [4.69, 9.17) is 4.74 Å². The molecule has 2 fully saturated rings. The molecule has 0 spiro atoms. The molecule has 1 amide bonds. The van der Waals surface area contributed by atoms with Crippen molar-refractivity contribution in [1.82, 2.24) is 5.32 Å². The van der Waals surface area contributed by atoms with Crippen LogP contribution in [0.2, 0.25) is 0 Å². The van der Waals surface area contributed by atoms with Crippen LogP contribution in [0.1, 0.15) is 74.8 Å². The number of piperidine rings is 1. The van der Waals surface area contributed by atoms with Crippen LogP contribution in [0.5, 0.6) is 11.5 Å². The fourth-order valence-electron chi connectivity index (χ4n) is 6.72. The summed E-state index contributed by atoms with van der Waals surface area (Å²) in [6.45, 7) is 8.71. The van der Waals surface area contributed by atoms with Gasteiger partial charge in [-0.25, -0.2) is 0 Å². The number of para-hydroxylation sites is 2. The first kappa shape index (κ1) is 27.2. The van der Waals surface area contributed by atoms with E-state index in [1.54, 1.807) is 0 Å². The SMILES string of the molecule is C=CC[N+]1(CC2CCCCCCC2)CCC(NC(=O)C2c3ccccc3Oc3ccccc32)CC1.[I-]. The fraction of sp³-hybridized carbons (Fsp3) is 0.516. The number of quaternary nitrogens is 1.